The number of halogens is 5. The number of rotatable bonds is 7. The quantitative estimate of drug-likeness (QED) is 0.175. The molecule has 0 spiro atoms. The molecule has 0 unspecified atom stereocenters. The number of hydrogen-bond acceptors (Lipinski definition) is 5. The fourth-order valence-corrected chi connectivity index (χ4v) is 3.32. The lowest BCUT2D eigenvalue weighted by molar-refractivity contribution is -0.137. The number of hydrogen-bond donors (Lipinski definition) is 1. The number of benzene rings is 2. The maximum absolute atomic E-state index is 13.3. The van der Waals surface area contributed by atoms with Crippen molar-refractivity contribution < 1.29 is 27.0 Å². The lowest BCUT2D eigenvalue weighted by Crippen LogP contribution is -2.05. The van der Waals surface area contributed by atoms with Gasteiger partial charge in [0.1, 0.15) is 18.2 Å². The molecule has 3 rings (SSSR count). The number of aromatic nitrogens is 1. The zero-order valence-corrected chi connectivity index (χ0v) is 18.2. The normalized spacial score (nSPS) is 11.5. The largest absolute Gasteiger partial charge is 0.493 e. The van der Waals surface area contributed by atoms with Gasteiger partial charge in [-0.05, 0) is 70.1 Å². The smallest absolute Gasteiger partial charge is 0.417 e. The molecule has 162 valence electrons. The second-order valence-electron chi connectivity index (χ2n) is 6.25. The zero-order valence-electron chi connectivity index (χ0n) is 16.1. The first kappa shape index (κ1) is 22.8. The van der Waals surface area contributed by atoms with Crippen molar-refractivity contribution in [3.8, 4) is 11.5 Å². The Morgan fingerprint density at radius 1 is 1.16 bits per heavy atom. The second-order valence-corrected chi connectivity index (χ2v) is 7.41. The standard InChI is InChI=1S/C21H16F4IN3O2/c1-30-18-9-14(10-28-29-19-6-5-15(11-27-19)21(23,24)25)8-17(26)20(18)31-12-13-3-2-4-16(22)7-13/h2-11H,12H2,1H3,(H,27,29)/b28-10-. The van der Waals surface area contributed by atoms with E-state index in [0.29, 0.717) is 22.6 Å². The summed E-state index contributed by atoms with van der Waals surface area (Å²) >= 11 is 2.08. The third-order valence-electron chi connectivity index (χ3n) is 4.01. The van der Waals surface area contributed by atoms with Crippen molar-refractivity contribution in [2.75, 3.05) is 12.5 Å². The average Bonchev–Trinajstić information content (AvgIpc) is 2.72. The van der Waals surface area contributed by atoms with Gasteiger partial charge in [0, 0.05) is 6.20 Å². The molecule has 2 aromatic carbocycles. The molecule has 0 aliphatic rings. The summed E-state index contributed by atoms with van der Waals surface area (Å²) in [6.07, 6.45) is -2.24. The van der Waals surface area contributed by atoms with Gasteiger partial charge in [-0.15, -0.1) is 0 Å². The fourth-order valence-electron chi connectivity index (χ4n) is 2.54. The molecule has 10 heteroatoms. The van der Waals surface area contributed by atoms with Crippen LogP contribution < -0.4 is 14.9 Å². The predicted octanol–water partition coefficient (Wildman–Crippen LogP) is 5.88. The van der Waals surface area contributed by atoms with Crippen LogP contribution in [-0.2, 0) is 12.8 Å². The van der Waals surface area contributed by atoms with Crippen molar-refractivity contribution in [1.29, 1.82) is 0 Å². The average molecular weight is 545 g/mol. The van der Waals surface area contributed by atoms with Gasteiger partial charge in [-0.3, -0.25) is 5.43 Å². The molecule has 0 radical (unpaired) electrons. The third kappa shape index (κ3) is 6.29. The highest BCUT2D eigenvalue weighted by molar-refractivity contribution is 14.1. The first-order valence-corrected chi connectivity index (χ1v) is 9.91. The van der Waals surface area contributed by atoms with Crippen molar-refractivity contribution in [3.63, 3.8) is 0 Å². The van der Waals surface area contributed by atoms with Gasteiger partial charge in [0.2, 0.25) is 0 Å². The molecule has 1 aromatic heterocycles. The van der Waals surface area contributed by atoms with Gasteiger partial charge >= 0.3 is 6.18 Å². The number of anilines is 1. The minimum absolute atomic E-state index is 0.165. The van der Waals surface area contributed by atoms with E-state index in [2.05, 4.69) is 38.1 Å². The number of methoxy groups -OCH3 is 1. The monoisotopic (exact) mass is 545 g/mol. The molecule has 5 nitrogen and oxygen atoms in total. The van der Waals surface area contributed by atoms with Crippen molar-refractivity contribution in [3.05, 3.63) is 80.8 Å². The van der Waals surface area contributed by atoms with Gasteiger partial charge in [0.05, 0.1) is 22.5 Å². The summed E-state index contributed by atoms with van der Waals surface area (Å²) in [4.78, 5) is 3.68. The van der Waals surface area contributed by atoms with E-state index < -0.39 is 11.7 Å². The molecular weight excluding hydrogens is 529 g/mol. The van der Waals surface area contributed by atoms with Crippen LogP contribution in [0.1, 0.15) is 16.7 Å². The topological polar surface area (TPSA) is 55.7 Å². The Morgan fingerprint density at radius 2 is 1.97 bits per heavy atom. The lowest BCUT2D eigenvalue weighted by Gasteiger charge is -2.13. The van der Waals surface area contributed by atoms with Crippen LogP contribution in [0.3, 0.4) is 0 Å². The van der Waals surface area contributed by atoms with Crippen LogP contribution in [0.2, 0.25) is 0 Å². The summed E-state index contributed by atoms with van der Waals surface area (Å²) in [5, 5.41) is 3.99. The molecule has 0 aliphatic heterocycles. The summed E-state index contributed by atoms with van der Waals surface area (Å²) < 4.78 is 63.0. The van der Waals surface area contributed by atoms with Gasteiger partial charge in [0.25, 0.3) is 0 Å². The molecule has 1 N–H and O–H groups in total. The van der Waals surface area contributed by atoms with Crippen LogP contribution in [0.15, 0.2) is 59.8 Å². The Hall–Kier alpha value is -2.89. The van der Waals surface area contributed by atoms with Crippen molar-refractivity contribution in [1.82, 2.24) is 4.98 Å². The Labute approximate surface area is 189 Å². The van der Waals surface area contributed by atoms with Crippen LogP contribution >= 0.6 is 22.6 Å². The van der Waals surface area contributed by atoms with E-state index >= 15 is 0 Å². The first-order valence-electron chi connectivity index (χ1n) is 8.83. The Morgan fingerprint density at radius 3 is 2.61 bits per heavy atom. The molecule has 0 saturated carbocycles. The highest BCUT2D eigenvalue weighted by Gasteiger charge is 2.30. The number of nitrogens with one attached hydrogen (secondary N) is 1. The fraction of sp³-hybridized carbons (Fsp3) is 0.143. The highest BCUT2D eigenvalue weighted by atomic mass is 127. The van der Waals surface area contributed by atoms with Crippen LogP contribution in [0.5, 0.6) is 11.5 Å². The van der Waals surface area contributed by atoms with Gasteiger partial charge in [-0.2, -0.15) is 18.3 Å². The minimum atomic E-state index is -4.44. The van der Waals surface area contributed by atoms with Crippen molar-refractivity contribution in [2.24, 2.45) is 5.10 Å². The third-order valence-corrected chi connectivity index (χ3v) is 4.81. The zero-order chi connectivity index (χ0) is 22.4. The summed E-state index contributed by atoms with van der Waals surface area (Å²) in [5.41, 5.74) is 3.08. The molecular formula is C21H16F4IN3O2. The summed E-state index contributed by atoms with van der Waals surface area (Å²) in [5.74, 6) is 0.782. The van der Waals surface area contributed by atoms with Gasteiger partial charge < -0.3 is 9.47 Å². The molecule has 1 heterocycles. The Balaban J connectivity index is 1.69. The van der Waals surface area contributed by atoms with E-state index in [0.717, 1.165) is 15.8 Å². The van der Waals surface area contributed by atoms with Crippen molar-refractivity contribution >= 4 is 34.6 Å². The summed E-state index contributed by atoms with van der Waals surface area (Å²) in [6.45, 7) is 0.165. The van der Waals surface area contributed by atoms with Crippen LogP contribution in [0.25, 0.3) is 0 Å². The minimum Gasteiger partial charge on any atom is -0.493 e. The molecule has 0 saturated heterocycles. The van der Waals surface area contributed by atoms with E-state index in [1.165, 1.54) is 31.5 Å². The molecule has 0 amide bonds. The van der Waals surface area contributed by atoms with E-state index in [1.54, 1.807) is 24.3 Å². The Kier molecular flexibility index (Phi) is 7.31. The number of nitrogens with zero attached hydrogens (tertiary/aromatic N) is 2. The highest BCUT2D eigenvalue weighted by Crippen LogP contribution is 2.34. The van der Waals surface area contributed by atoms with E-state index in [9.17, 15) is 17.6 Å². The second kappa shape index (κ2) is 9.94. The predicted molar refractivity (Wildman–Crippen MR) is 117 cm³/mol. The number of pyridine rings is 1. The van der Waals surface area contributed by atoms with Gasteiger partial charge in [0.15, 0.2) is 11.5 Å². The maximum atomic E-state index is 13.3. The molecule has 0 fully saturated rings. The summed E-state index contributed by atoms with van der Waals surface area (Å²) in [6, 6.07) is 11.7. The number of alkyl halides is 3. The molecule has 0 bridgehead atoms. The molecule has 31 heavy (non-hydrogen) atoms. The van der Waals surface area contributed by atoms with Crippen LogP contribution in [0.4, 0.5) is 23.4 Å². The SMILES string of the molecule is COc1cc(/C=N\Nc2ccc(C(F)(F)F)cn2)cc(I)c1OCc1cccc(F)c1. The van der Waals surface area contributed by atoms with Gasteiger partial charge in [-0.1, -0.05) is 12.1 Å². The van der Waals surface area contributed by atoms with Crippen molar-refractivity contribution in [2.45, 2.75) is 12.8 Å². The summed E-state index contributed by atoms with van der Waals surface area (Å²) in [7, 11) is 1.49. The maximum Gasteiger partial charge on any atom is 0.417 e. The molecule has 3 aromatic rings. The first-order chi connectivity index (χ1) is 14.8. The van der Waals surface area contributed by atoms with Crippen LogP contribution in [0, 0.1) is 9.39 Å². The van der Waals surface area contributed by atoms with Crippen LogP contribution in [-0.4, -0.2) is 18.3 Å². The molecule has 0 aliphatic carbocycles. The number of ether oxygens (including phenoxy) is 2. The van der Waals surface area contributed by atoms with E-state index in [-0.39, 0.29) is 18.2 Å². The van der Waals surface area contributed by atoms with E-state index in [1.807, 2.05) is 0 Å². The van der Waals surface area contributed by atoms with Gasteiger partial charge in [-0.25, -0.2) is 9.37 Å². The Bertz CT molecular complexity index is 1070. The molecule has 0 atom stereocenters. The lowest BCUT2D eigenvalue weighted by atomic mass is 10.2. The van der Waals surface area contributed by atoms with E-state index in [4.69, 9.17) is 9.47 Å². The number of hydrazone groups is 1.